The Kier molecular flexibility index (Phi) is 8.51. The zero-order chi connectivity index (χ0) is 14.1. The highest BCUT2D eigenvalue weighted by atomic mass is 35.5. The number of thioether (sulfide) groups is 1. The summed E-state index contributed by atoms with van der Waals surface area (Å²) < 4.78 is 13.8. The minimum absolute atomic E-state index is 0.198. The van der Waals surface area contributed by atoms with Crippen LogP contribution in [0.15, 0.2) is 18.2 Å². The van der Waals surface area contributed by atoms with Gasteiger partial charge in [-0.05, 0) is 49.3 Å². The highest BCUT2D eigenvalue weighted by molar-refractivity contribution is 7.99. The fourth-order valence-corrected chi connectivity index (χ4v) is 3.00. The van der Waals surface area contributed by atoms with Gasteiger partial charge >= 0.3 is 0 Å². The molecule has 0 saturated carbocycles. The number of benzene rings is 1. The van der Waals surface area contributed by atoms with Gasteiger partial charge in [0.15, 0.2) is 0 Å². The van der Waals surface area contributed by atoms with Crippen molar-refractivity contribution in [2.75, 3.05) is 18.1 Å². The zero-order valence-electron chi connectivity index (χ0n) is 11.7. The van der Waals surface area contributed by atoms with Gasteiger partial charge in [-0.15, -0.1) is 0 Å². The minimum atomic E-state index is -0.198. The van der Waals surface area contributed by atoms with Crippen LogP contribution in [0.1, 0.15) is 32.3 Å². The summed E-state index contributed by atoms with van der Waals surface area (Å²) in [6.07, 6.45) is 3.00. The Balaban J connectivity index is 2.58. The molecule has 108 valence electrons. The maximum absolute atomic E-state index is 13.8. The number of nitrogens with one attached hydrogen (secondary N) is 1. The summed E-state index contributed by atoms with van der Waals surface area (Å²) in [4.78, 5) is 0. The van der Waals surface area contributed by atoms with E-state index in [2.05, 4.69) is 19.2 Å². The van der Waals surface area contributed by atoms with Crippen LogP contribution in [0.4, 0.5) is 4.39 Å². The van der Waals surface area contributed by atoms with Crippen molar-refractivity contribution < 1.29 is 4.39 Å². The SMILES string of the molecule is CCCNC(CSCCC)Cc1ccc(Cl)cc1F. The van der Waals surface area contributed by atoms with E-state index in [9.17, 15) is 4.39 Å². The lowest BCUT2D eigenvalue weighted by atomic mass is 10.1. The van der Waals surface area contributed by atoms with Gasteiger partial charge in [-0.25, -0.2) is 4.39 Å². The van der Waals surface area contributed by atoms with E-state index >= 15 is 0 Å². The van der Waals surface area contributed by atoms with Gasteiger partial charge in [-0.2, -0.15) is 11.8 Å². The Morgan fingerprint density at radius 1 is 1.32 bits per heavy atom. The van der Waals surface area contributed by atoms with Crippen LogP contribution in [0.5, 0.6) is 0 Å². The van der Waals surface area contributed by atoms with Crippen LogP contribution in [-0.2, 0) is 6.42 Å². The molecule has 19 heavy (non-hydrogen) atoms. The van der Waals surface area contributed by atoms with Crippen LogP contribution in [-0.4, -0.2) is 24.1 Å². The van der Waals surface area contributed by atoms with E-state index in [1.54, 1.807) is 12.1 Å². The summed E-state index contributed by atoms with van der Waals surface area (Å²) in [5.74, 6) is 1.99. The third-order valence-corrected chi connectivity index (χ3v) is 4.40. The molecule has 0 amide bonds. The lowest BCUT2D eigenvalue weighted by Gasteiger charge is -2.18. The largest absolute Gasteiger partial charge is 0.313 e. The van der Waals surface area contributed by atoms with Gasteiger partial charge in [-0.1, -0.05) is 31.5 Å². The van der Waals surface area contributed by atoms with E-state index in [0.717, 1.165) is 36.5 Å². The maximum Gasteiger partial charge on any atom is 0.127 e. The Hall–Kier alpha value is -0.250. The zero-order valence-corrected chi connectivity index (χ0v) is 13.3. The molecule has 0 radical (unpaired) electrons. The third kappa shape index (κ3) is 6.64. The van der Waals surface area contributed by atoms with Gasteiger partial charge in [0.05, 0.1) is 0 Å². The summed E-state index contributed by atoms with van der Waals surface area (Å²) in [5.41, 5.74) is 0.745. The number of rotatable bonds is 9. The summed E-state index contributed by atoms with van der Waals surface area (Å²) in [5, 5.41) is 3.96. The molecule has 1 N–H and O–H groups in total. The summed E-state index contributed by atoms with van der Waals surface area (Å²) in [6, 6.07) is 5.28. The van der Waals surface area contributed by atoms with Gasteiger partial charge in [-0.3, -0.25) is 0 Å². The fourth-order valence-electron chi connectivity index (χ4n) is 1.86. The molecule has 4 heteroatoms. The van der Waals surface area contributed by atoms with Crippen LogP contribution in [0.2, 0.25) is 5.02 Å². The highest BCUT2D eigenvalue weighted by Crippen LogP contribution is 2.17. The van der Waals surface area contributed by atoms with Crippen molar-refractivity contribution in [1.82, 2.24) is 5.32 Å². The minimum Gasteiger partial charge on any atom is -0.313 e. The van der Waals surface area contributed by atoms with E-state index in [1.165, 1.54) is 12.5 Å². The Bertz CT molecular complexity index is 373. The van der Waals surface area contributed by atoms with Crippen molar-refractivity contribution in [2.45, 2.75) is 39.2 Å². The van der Waals surface area contributed by atoms with Crippen LogP contribution in [0.25, 0.3) is 0 Å². The molecule has 0 aromatic heterocycles. The second-order valence-electron chi connectivity index (χ2n) is 4.67. The topological polar surface area (TPSA) is 12.0 Å². The molecule has 1 atom stereocenters. The third-order valence-electron chi connectivity index (χ3n) is 2.83. The Morgan fingerprint density at radius 2 is 2.11 bits per heavy atom. The monoisotopic (exact) mass is 303 g/mol. The van der Waals surface area contributed by atoms with Crippen LogP contribution in [0.3, 0.4) is 0 Å². The lowest BCUT2D eigenvalue weighted by molar-refractivity contribution is 0.530. The van der Waals surface area contributed by atoms with Gasteiger partial charge in [0.1, 0.15) is 5.82 Å². The Morgan fingerprint density at radius 3 is 2.74 bits per heavy atom. The van der Waals surface area contributed by atoms with Crippen molar-refractivity contribution in [3.8, 4) is 0 Å². The maximum atomic E-state index is 13.8. The van der Waals surface area contributed by atoms with Crippen molar-refractivity contribution in [2.24, 2.45) is 0 Å². The van der Waals surface area contributed by atoms with Gasteiger partial charge < -0.3 is 5.32 Å². The molecule has 0 fully saturated rings. The summed E-state index contributed by atoms with van der Waals surface area (Å²) >= 11 is 7.71. The van der Waals surface area contributed by atoms with E-state index < -0.39 is 0 Å². The predicted molar refractivity (Wildman–Crippen MR) is 84.8 cm³/mol. The van der Waals surface area contributed by atoms with Crippen molar-refractivity contribution in [3.05, 3.63) is 34.6 Å². The molecule has 0 aliphatic heterocycles. The fraction of sp³-hybridized carbons (Fsp3) is 0.600. The first-order valence-corrected chi connectivity index (χ1v) is 8.45. The van der Waals surface area contributed by atoms with E-state index in [4.69, 9.17) is 11.6 Å². The van der Waals surface area contributed by atoms with Crippen molar-refractivity contribution in [3.63, 3.8) is 0 Å². The number of hydrogen-bond acceptors (Lipinski definition) is 2. The molecule has 1 unspecified atom stereocenters. The lowest BCUT2D eigenvalue weighted by Crippen LogP contribution is -2.34. The molecule has 0 aliphatic rings. The smallest absolute Gasteiger partial charge is 0.127 e. The van der Waals surface area contributed by atoms with Crippen molar-refractivity contribution >= 4 is 23.4 Å². The molecule has 0 heterocycles. The normalized spacial score (nSPS) is 12.6. The number of hydrogen-bond donors (Lipinski definition) is 1. The first kappa shape index (κ1) is 16.8. The van der Waals surface area contributed by atoms with Crippen LogP contribution < -0.4 is 5.32 Å². The first-order chi connectivity index (χ1) is 9.17. The molecule has 1 nitrogen and oxygen atoms in total. The molecule has 0 bridgehead atoms. The van der Waals surface area contributed by atoms with Crippen molar-refractivity contribution in [1.29, 1.82) is 0 Å². The molecule has 1 aromatic rings. The van der Waals surface area contributed by atoms with E-state index in [1.807, 2.05) is 11.8 Å². The predicted octanol–water partition coefficient (Wildman–Crippen LogP) is 4.53. The van der Waals surface area contributed by atoms with E-state index in [0.29, 0.717) is 11.1 Å². The highest BCUT2D eigenvalue weighted by Gasteiger charge is 2.12. The summed E-state index contributed by atoms with van der Waals surface area (Å²) in [7, 11) is 0. The molecular weight excluding hydrogens is 281 g/mol. The van der Waals surface area contributed by atoms with Crippen LogP contribution >= 0.6 is 23.4 Å². The average molecular weight is 304 g/mol. The van der Waals surface area contributed by atoms with Gasteiger partial charge in [0, 0.05) is 16.8 Å². The Labute approximate surface area is 125 Å². The second-order valence-corrected chi connectivity index (χ2v) is 6.25. The van der Waals surface area contributed by atoms with Gasteiger partial charge in [0.2, 0.25) is 0 Å². The molecular formula is C15H23ClFNS. The molecule has 1 rings (SSSR count). The standard InChI is InChI=1S/C15H23ClFNS/c1-3-7-18-14(11-19-8-4-2)9-12-5-6-13(16)10-15(12)17/h5-6,10,14,18H,3-4,7-9,11H2,1-2H3. The molecule has 0 saturated heterocycles. The number of halogens is 2. The second kappa shape index (κ2) is 9.62. The average Bonchev–Trinajstić information content (AvgIpc) is 2.39. The van der Waals surface area contributed by atoms with E-state index in [-0.39, 0.29) is 5.82 Å². The molecule has 0 aliphatic carbocycles. The van der Waals surface area contributed by atoms with Crippen LogP contribution in [0, 0.1) is 5.82 Å². The summed E-state index contributed by atoms with van der Waals surface area (Å²) in [6.45, 7) is 5.30. The van der Waals surface area contributed by atoms with Gasteiger partial charge in [0.25, 0.3) is 0 Å². The first-order valence-electron chi connectivity index (χ1n) is 6.92. The quantitative estimate of drug-likeness (QED) is 0.673. The molecule has 1 aromatic carbocycles. The molecule has 0 spiro atoms.